The summed E-state index contributed by atoms with van der Waals surface area (Å²) in [5.41, 5.74) is 1.14. The molecule has 41 heavy (non-hydrogen) atoms. The maximum absolute atomic E-state index is 12.5. The molecular formula is C30H42N4O7. The molecule has 11 heteroatoms. The van der Waals surface area contributed by atoms with Crippen molar-refractivity contribution in [3.8, 4) is 0 Å². The molecule has 1 unspecified atom stereocenters. The summed E-state index contributed by atoms with van der Waals surface area (Å²) in [5.74, 6) is 0. The molecule has 0 spiro atoms. The van der Waals surface area contributed by atoms with Crippen LogP contribution in [0.4, 0.5) is 14.4 Å². The number of amides is 4. The smallest absolute Gasteiger partial charge is 0.407 e. The maximum Gasteiger partial charge on any atom is 0.407 e. The van der Waals surface area contributed by atoms with E-state index in [0.29, 0.717) is 32.2 Å². The van der Waals surface area contributed by atoms with Crippen LogP contribution >= 0.6 is 0 Å². The monoisotopic (exact) mass is 570 g/mol. The van der Waals surface area contributed by atoms with Crippen molar-refractivity contribution < 1.29 is 33.4 Å². The molecule has 2 aromatic carbocycles. The lowest BCUT2D eigenvalue weighted by atomic mass is 10.1. The minimum absolute atomic E-state index is 0.117. The van der Waals surface area contributed by atoms with Gasteiger partial charge < -0.3 is 35.1 Å². The summed E-state index contributed by atoms with van der Waals surface area (Å²) in [7, 11) is 0. The SMILES string of the molecule is CC(C)(C)OC(=O)NCCCCC(CN(C=O)CCNC(=O)OCc1ccccc1)NC(=O)OCc1ccccc1. The van der Waals surface area contributed by atoms with E-state index >= 15 is 0 Å². The fraction of sp³-hybridized carbons (Fsp3) is 0.467. The number of hydrogen-bond acceptors (Lipinski definition) is 7. The van der Waals surface area contributed by atoms with Gasteiger partial charge in [-0.3, -0.25) is 4.79 Å². The topological polar surface area (TPSA) is 135 Å². The van der Waals surface area contributed by atoms with Crippen molar-refractivity contribution in [3.05, 3.63) is 71.8 Å². The molecule has 0 heterocycles. The third kappa shape index (κ3) is 15.8. The van der Waals surface area contributed by atoms with E-state index in [0.717, 1.165) is 11.1 Å². The maximum atomic E-state index is 12.5. The average Bonchev–Trinajstić information content (AvgIpc) is 2.94. The molecule has 4 amide bonds. The van der Waals surface area contributed by atoms with Crippen molar-refractivity contribution in [1.29, 1.82) is 0 Å². The molecule has 0 aromatic heterocycles. The van der Waals surface area contributed by atoms with Gasteiger partial charge in [0.25, 0.3) is 0 Å². The quantitative estimate of drug-likeness (QED) is 0.155. The molecule has 0 bridgehead atoms. The molecule has 0 aliphatic rings. The molecule has 0 radical (unpaired) electrons. The number of benzene rings is 2. The summed E-state index contributed by atoms with van der Waals surface area (Å²) in [6.45, 7) is 6.66. The molecule has 224 valence electrons. The number of alkyl carbamates (subject to hydrolysis) is 3. The van der Waals surface area contributed by atoms with Gasteiger partial charge in [0.05, 0.1) is 0 Å². The van der Waals surface area contributed by atoms with Crippen LogP contribution in [0.15, 0.2) is 60.7 Å². The lowest BCUT2D eigenvalue weighted by Crippen LogP contribution is -2.45. The Labute approximate surface area is 241 Å². The van der Waals surface area contributed by atoms with E-state index in [1.165, 1.54) is 4.90 Å². The van der Waals surface area contributed by atoms with Gasteiger partial charge in [0, 0.05) is 32.2 Å². The van der Waals surface area contributed by atoms with Gasteiger partial charge in [0.15, 0.2) is 0 Å². The molecule has 0 saturated heterocycles. The van der Waals surface area contributed by atoms with Crippen LogP contribution in [0, 0.1) is 0 Å². The Hall–Kier alpha value is -4.28. The second-order valence-corrected chi connectivity index (χ2v) is 10.4. The molecule has 11 nitrogen and oxygen atoms in total. The number of rotatable bonds is 16. The fourth-order valence-electron chi connectivity index (χ4n) is 3.71. The lowest BCUT2D eigenvalue weighted by molar-refractivity contribution is -0.118. The molecule has 1 atom stereocenters. The molecule has 0 aliphatic carbocycles. The van der Waals surface area contributed by atoms with E-state index in [1.807, 2.05) is 60.7 Å². The predicted octanol–water partition coefficient (Wildman–Crippen LogP) is 4.36. The predicted molar refractivity (Wildman–Crippen MR) is 154 cm³/mol. The highest BCUT2D eigenvalue weighted by atomic mass is 16.6. The van der Waals surface area contributed by atoms with Crippen LogP contribution in [0.1, 0.15) is 51.2 Å². The Morgan fingerprint density at radius 1 is 0.805 bits per heavy atom. The zero-order valence-corrected chi connectivity index (χ0v) is 24.1. The van der Waals surface area contributed by atoms with Crippen molar-refractivity contribution in [3.63, 3.8) is 0 Å². The van der Waals surface area contributed by atoms with Gasteiger partial charge in [-0.25, -0.2) is 14.4 Å². The Bertz CT molecular complexity index is 1060. The molecule has 0 fully saturated rings. The van der Waals surface area contributed by atoms with Crippen LogP contribution in [0.2, 0.25) is 0 Å². The van der Waals surface area contributed by atoms with E-state index in [4.69, 9.17) is 14.2 Å². The van der Waals surface area contributed by atoms with E-state index in [9.17, 15) is 19.2 Å². The van der Waals surface area contributed by atoms with Crippen LogP contribution in [0.3, 0.4) is 0 Å². The molecule has 2 aromatic rings. The van der Waals surface area contributed by atoms with Crippen molar-refractivity contribution >= 4 is 24.7 Å². The highest BCUT2D eigenvalue weighted by Gasteiger charge is 2.18. The Morgan fingerprint density at radius 2 is 1.37 bits per heavy atom. The van der Waals surface area contributed by atoms with Gasteiger partial charge in [-0.15, -0.1) is 0 Å². The number of nitrogens with zero attached hydrogens (tertiary/aromatic N) is 1. The highest BCUT2D eigenvalue weighted by molar-refractivity contribution is 5.68. The molecule has 0 aliphatic heterocycles. The van der Waals surface area contributed by atoms with Crippen LogP contribution in [-0.2, 0) is 32.2 Å². The van der Waals surface area contributed by atoms with Crippen LogP contribution in [0.25, 0.3) is 0 Å². The van der Waals surface area contributed by atoms with Gasteiger partial charge in [-0.2, -0.15) is 0 Å². The third-order valence-corrected chi connectivity index (χ3v) is 5.67. The summed E-state index contributed by atoms with van der Waals surface area (Å²) in [4.78, 5) is 49.6. The average molecular weight is 571 g/mol. The van der Waals surface area contributed by atoms with E-state index in [1.54, 1.807) is 20.8 Å². The second-order valence-electron chi connectivity index (χ2n) is 10.4. The number of carbonyl (C=O) groups is 4. The number of carbonyl (C=O) groups excluding carboxylic acids is 4. The summed E-state index contributed by atoms with van der Waals surface area (Å²) < 4.78 is 15.8. The third-order valence-electron chi connectivity index (χ3n) is 5.67. The minimum atomic E-state index is -0.598. The van der Waals surface area contributed by atoms with Crippen LogP contribution < -0.4 is 16.0 Å². The normalized spacial score (nSPS) is 11.5. The number of nitrogens with one attached hydrogen (secondary N) is 3. The Balaban J connectivity index is 1.81. The van der Waals surface area contributed by atoms with E-state index in [-0.39, 0.29) is 32.8 Å². The molecule has 3 N–H and O–H groups in total. The first kappa shape index (κ1) is 32.9. The van der Waals surface area contributed by atoms with Crippen molar-refractivity contribution in [2.24, 2.45) is 0 Å². The van der Waals surface area contributed by atoms with Crippen molar-refractivity contribution in [1.82, 2.24) is 20.9 Å². The van der Waals surface area contributed by atoms with Crippen LogP contribution in [0.5, 0.6) is 0 Å². The van der Waals surface area contributed by atoms with Crippen LogP contribution in [-0.4, -0.2) is 67.4 Å². The van der Waals surface area contributed by atoms with Crippen molar-refractivity contribution in [2.45, 2.75) is 64.9 Å². The Kier molecular flexibility index (Phi) is 14.6. The Morgan fingerprint density at radius 3 is 1.93 bits per heavy atom. The highest BCUT2D eigenvalue weighted by Crippen LogP contribution is 2.08. The van der Waals surface area contributed by atoms with Gasteiger partial charge in [0.1, 0.15) is 18.8 Å². The van der Waals surface area contributed by atoms with E-state index < -0.39 is 29.9 Å². The van der Waals surface area contributed by atoms with E-state index in [2.05, 4.69) is 16.0 Å². The standard InChI is InChI=1S/C30H42N4O7/c1-30(2,3)41-28(37)31-17-11-10-16-26(33-29(38)40-22-25-14-8-5-9-15-25)20-34(23-35)19-18-32-27(36)39-21-24-12-6-4-7-13-24/h4-9,12-15,23,26H,10-11,16-22H2,1-3H3,(H,31,37)(H,32,36)(H,33,38). The van der Waals surface area contributed by atoms with Gasteiger partial charge >= 0.3 is 18.3 Å². The largest absolute Gasteiger partial charge is 0.445 e. The zero-order chi connectivity index (χ0) is 29.9. The first-order valence-corrected chi connectivity index (χ1v) is 13.7. The first-order valence-electron chi connectivity index (χ1n) is 13.7. The lowest BCUT2D eigenvalue weighted by Gasteiger charge is -2.25. The summed E-state index contributed by atoms with van der Waals surface area (Å²) in [6.07, 6.45) is 0.843. The first-order chi connectivity index (χ1) is 19.6. The zero-order valence-electron chi connectivity index (χ0n) is 24.1. The number of unbranched alkanes of at least 4 members (excludes halogenated alkanes) is 1. The molecule has 2 rings (SSSR count). The summed E-state index contributed by atoms with van der Waals surface area (Å²) in [6, 6.07) is 18.2. The summed E-state index contributed by atoms with van der Waals surface area (Å²) >= 11 is 0. The molecule has 0 saturated carbocycles. The second kappa shape index (κ2) is 18.1. The molecular weight excluding hydrogens is 528 g/mol. The number of hydrogen-bond donors (Lipinski definition) is 3. The van der Waals surface area contributed by atoms with Crippen molar-refractivity contribution in [2.75, 3.05) is 26.2 Å². The summed E-state index contributed by atoms with van der Waals surface area (Å²) in [5, 5.41) is 8.18. The van der Waals surface area contributed by atoms with Gasteiger partial charge in [-0.05, 0) is 51.2 Å². The van der Waals surface area contributed by atoms with Gasteiger partial charge in [-0.1, -0.05) is 60.7 Å². The van der Waals surface area contributed by atoms with Gasteiger partial charge in [0.2, 0.25) is 6.41 Å². The number of ether oxygens (including phenoxy) is 3. The fourth-order valence-corrected chi connectivity index (χ4v) is 3.71. The minimum Gasteiger partial charge on any atom is -0.445 e.